The van der Waals surface area contributed by atoms with Gasteiger partial charge in [-0.15, -0.1) is 0 Å². The first kappa shape index (κ1) is 27.3. The van der Waals surface area contributed by atoms with E-state index in [0.717, 1.165) is 43.6 Å². The summed E-state index contributed by atoms with van der Waals surface area (Å²) in [5, 5.41) is 14.3. The summed E-state index contributed by atoms with van der Waals surface area (Å²) in [6.07, 6.45) is 6.47. The Morgan fingerprint density at radius 1 is 1.16 bits per heavy atom. The van der Waals surface area contributed by atoms with E-state index in [0.29, 0.717) is 24.5 Å². The highest BCUT2D eigenvalue weighted by atomic mass is 16.6. The number of ether oxygens (including phenoxy) is 1. The van der Waals surface area contributed by atoms with Gasteiger partial charge in [-0.1, -0.05) is 60.7 Å². The number of amides is 1. The highest BCUT2D eigenvalue weighted by Crippen LogP contribution is 2.25. The van der Waals surface area contributed by atoms with E-state index in [1.807, 2.05) is 84.6 Å². The van der Waals surface area contributed by atoms with Crippen LogP contribution < -0.4 is 10.6 Å². The molecule has 2 heterocycles. The first-order chi connectivity index (χ1) is 18.0. The lowest BCUT2D eigenvalue weighted by atomic mass is 10.1. The smallest absolute Gasteiger partial charge is 0.450 e. The molecule has 1 fully saturated rings. The topological polar surface area (TPSA) is 117 Å². The van der Waals surface area contributed by atoms with Crippen LogP contribution in [0.25, 0.3) is 0 Å². The van der Waals surface area contributed by atoms with Gasteiger partial charge in [0.2, 0.25) is 0 Å². The first-order valence-corrected chi connectivity index (χ1v) is 12.2. The molecule has 1 saturated heterocycles. The van der Waals surface area contributed by atoms with Crippen LogP contribution in [-0.4, -0.2) is 52.2 Å². The number of carboxylic acid groups (broad SMARTS) is 1. The van der Waals surface area contributed by atoms with Crippen LogP contribution in [0.3, 0.4) is 0 Å². The van der Waals surface area contributed by atoms with Gasteiger partial charge in [0.25, 0.3) is 5.91 Å². The average Bonchev–Trinajstić information content (AvgIpc) is 3.47. The molecule has 1 aliphatic heterocycles. The van der Waals surface area contributed by atoms with E-state index < -0.39 is 6.16 Å². The summed E-state index contributed by atoms with van der Waals surface area (Å²) < 4.78 is 3.67. The summed E-state index contributed by atoms with van der Waals surface area (Å²) in [4.78, 5) is 34.0. The monoisotopic (exact) mass is 503 g/mol. The molecule has 0 spiro atoms. The third-order valence-corrected chi connectivity index (χ3v) is 5.69. The van der Waals surface area contributed by atoms with Gasteiger partial charge in [-0.2, -0.15) is 0 Å². The number of rotatable bonds is 8. The number of para-hydroxylation sites is 1. The third kappa shape index (κ3) is 8.43. The molecule has 0 radical (unpaired) electrons. The highest BCUT2D eigenvalue weighted by Gasteiger charge is 2.24. The van der Waals surface area contributed by atoms with Gasteiger partial charge in [-0.05, 0) is 44.0 Å². The minimum Gasteiger partial charge on any atom is -0.450 e. The second kappa shape index (κ2) is 14.4. The second-order valence-electron chi connectivity index (χ2n) is 8.34. The Hall–Kier alpha value is -4.24. The van der Waals surface area contributed by atoms with E-state index >= 15 is 0 Å². The van der Waals surface area contributed by atoms with E-state index in [1.54, 1.807) is 6.20 Å². The van der Waals surface area contributed by atoms with Gasteiger partial charge in [0.1, 0.15) is 17.2 Å². The number of nitrogens with one attached hydrogen (secondary N) is 2. The number of allylic oxidation sites excluding steroid dienone is 1. The van der Waals surface area contributed by atoms with Gasteiger partial charge in [-0.25, -0.2) is 14.8 Å². The largest absolute Gasteiger partial charge is 0.505 e. The summed E-state index contributed by atoms with van der Waals surface area (Å²) >= 11 is 0. The van der Waals surface area contributed by atoms with Crippen molar-refractivity contribution in [2.45, 2.75) is 32.4 Å². The standard InChI is InChI=1S/C26H29N5O.C2H4O3/c1-2-3-17-31(19-20-11-6-4-7-12-20)26(32)22-18-28-25(23-15-10-16-27-23)30-24(22)29-21-13-8-5-9-14-21;1-5-2(3)4/h2-9,11-14,18,23,27H,10,15-17,19H2,1H3,(H,28,29,30);1H3,(H,3,4)/b3-2+;. The number of anilines is 2. The molecule has 1 unspecified atom stereocenters. The van der Waals surface area contributed by atoms with Crippen molar-refractivity contribution in [3.63, 3.8) is 0 Å². The molecule has 2 aromatic carbocycles. The molecule has 9 heteroatoms. The van der Waals surface area contributed by atoms with Gasteiger partial charge in [0.15, 0.2) is 0 Å². The second-order valence-corrected chi connectivity index (χ2v) is 8.34. The fraction of sp³-hybridized carbons (Fsp3) is 0.286. The Labute approximate surface area is 217 Å². The zero-order valence-electron chi connectivity index (χ0n) is 21.1. The maximum absolute atomic E-state index is 13.7. The van der Waals surface area contributed by atoms with Gasteiger partial charge < -0.3 is 25.4 Å². The Balaban J connectivity index is 0.000000695. The van der Waals surface area contributed by atoms with Crippen molar-refractivity contribution < 1.29 is 19.4 Å². The molecule has 37 heavy (non-hydrogen) atoms. The van der Waals surface area contributed by atoms with Crippen LogP contribution in [0.15, 0.2) is 79.0 Å². The molecule has 0 aliphatic carbocycles. The number of hydrogen-bond donors (Lipinski definition) is 3. The summed E-state index contributed by atoms with van der Waals surface area (Å²) in [7, 11) is 1.10. The zero-order chi connectivity index (χ0) is 26.5. The van der Waals surface area contributed by atoms with Gasteiger partial charge >= 0.3 is 6.16 Å². The number of carbonyl (C=O) groups excluding carboxylic acids is 1. The number of benzene rings is 2. The molecular weight excluding hydrogens is 470 g/mol. The number of carbonyl (C=O) groups is 2. The summed E-state index contributed by atoms with van der Waals surface area (Å²) in [6.45, 7) is 3.95. The lowest BCUT2D eigenvalue weighted by Crippen LogP contribution is -2.32. The van der Waals surface area contributed by atoms with E-state index in [4.69, 9.17) is 14.9 Å². The minimum absolute atomic E-state index is 0.101. The quantitative estimate of drug-likeness (QED) is 0.285. The molecule has 1 aromatic heterocycles. The number of aromatic nitrogens is 2. The van der Waals surface area contributed by atoms with E-state index in [9.17, 15) is 4.79 Å². The summed E-state index contributed by atoms with van der Waals surface area (Å²) in [5.74, 6) is 1.16. The van der Waals surface area contributed by atoms with E-state index in [1.165, 1.54) is 0 Å². The average molecular weight is 504 g/mol. The van der Waals surface area contributed by atoms with Crippen molar-refractivity contribution in [3.05, 3.63) is 96.0 Å². The van der Waals surface area contributed by atoms with Crippen LogP contribution in [0.1, 0.15) is 47.6 Å². The minimum atomic E-state index is -1.25. The fourth-order valence-electron chi connectivity index (χ4n) is 3.80. The van der Waals surface area contributed by atoms with E-state index in [2.05, 4.69) is 20.4 Å². The Bertz CT molecular complexity index is 1170. The van der Waals surface area contributed by atoms with Gasteiger partial charge in [0, 0.05) is 25.0 Å². The third-order valence-electron chi connectivity index (χ3n) is 5.69. The van der Waals surface area contributed by atoms with Crippen LogP contribution in [0.2, 0.25) is 0 Å². The van der Waals surface area contributed by atoms with Crippen LogP contribution >= 0.6 is 0 Å². The molecule has 194 valence electrons. The van der Waals surface area contributed by atoms with Crippen molar-refractivity contribution in [1.82, 2.24) is 20.2 Å². The predicted octanol–water partition coefficient (Wildman–Crippen LogP) is 5.17. The SMILES string of the molecule is C/C=C/CN(Cc1ccccc1)C(=O)c1cnc(C2CCCN2)nc1Nc1ccccc1.COC(=O)O. The number of methoxy groups -OCH3 is 1. The van der Waals surface area contributed by atoms with E-state index in [-0.39, 0.29) is 11.9 Å². The molecule has 0 bridgehead atoms. The fourth-order valence-corrected chi connectivity index (χ4v) is 3.80. The Kier molecular flexibility index (Phi) is 10.6. The summed E-state index contributed by atoms with van der Waals surface area (Å²) in [6, 6.07) is 19.9. The maximum Gasteiger partial charge on any atom is 0.505 e. The van der Waals surface area contributed by atoms with Gasteiger partial charge in [0.05, 0.1) is 13.2 Å². The molecular formula is C28H33N5O4. The molecule has 4 rings (SSSR count). The molecule has 9 nitrogen and oxygen atoms in total. The van der Waals surface area contributed by atoms with Crippen molar-refractivity contribution in [3.8, 4) is 0 Å². The molecule has 0 saturated carbocycles. The predicted molar refractivity (Wildman–Crippen MR) is 143 cm³/mol. The molecule has 1 amide bonds. The normalized spacial score (nSPS) is 14.5. The molecule has 3 aromatic rings. The Morgan fingerprint density at radius 2 is 1.84 bits per heavy atom. The van der Waals surface area contributed by atoms with Crippen LogP contribution in [-0.2, 0) is 11.3 Å². The molecule has 3 N–H and O–H groups in total. The number of nitrogens with zero attached hydrogens (tertiary/aromatic N) is 3. The van der Waals surface area contributed by atoms with Crippen molar-refractivity contribution in [2.75, 3.05) is 25.5 Å². The molecule has 1 aliphatic rings. The highest BCUT2D eigenvalue weighted by molar-refractivity contribution is 5.99. The van der Waals surface area contributed by atoms with Crippen molar-refractivity contribution in [2.24, 2.45) is 0 Å². The number of hydrogen-bond acceptors (Lipinski definition) is 7. The van der Waals surface area contributed by atoms with Crippen LogP contribution in [0.4, 0.5) is 16.3 Å². The summed E-state index contributed by atoms with van der Waals surface area (Å²) in [5.41, 5.74) is 2.43. The maximum atomic E-state index is 13.7. The van der Waals surface area contributed by atoms with Crippen molar-refractivity contribution >= 4 is 23.6 Å². The van der Waals surface area contributed by atoms with Gasteiger partial charge in [-0.3, -0.25) is 4.79 Å². The lowest BCUT2D eigenvalue weighted by molar-refractivity contribution is 0.0762. The molecule has 1 atom stereocenters. The van der Waals surface area contributed by atoms with Crippen molar-refractivity contribution in [1.29, 1.82) is 0 Å². The first-order valence-electron chi connectivity index (χ1n) is 12.2. The Morgan fingerprint density at radius 3 is 2.43 bits per heavy atom. The lowest BCUT2D eigenvalue weighted by Gasteiger charge is -2.23. The van der Waals surface area contributed by atoms with Crippen LogP contribution in [0.5, 0.6) is 0 Å². The zero-order valence-corrected chi connectivity index (χ0v) is 21.1. The van der Waals surface area contributed by atoms with Crippen LogP contribution in [0, 0.1) is 0 Å².